The number of rotatable bonds is 3. The monoisotopic (exact) mass is 308 g/mol. The van der Waals surface area contributed by atoms with E-state index in [1.807, 2.05) is 6.07 Å². The van der Waals surface area contributed by atoms with E-state index < -0.39 is 10.0 Å². The van der Waals surface area contributed by atoms with Gasteiger partial charge in [-0.3, -0.25) is 4.72 Å². The van der Waals surface area contributed by atoms with Crippen molar-refractivity contribution >= 4 is 27.3 Å². The number of halogens is 1. The molecule has 0 radical (unpaired) electrons. The van der Waals surface area contributed by atoms with Crippen LogP contribution < -0.4 is 4.72 Å². The van der Waals surface area contributed by atoms with Crippen LogP contribution in [-0.2, 0) is 10.0 Å². The minimum atomic E-state index is -3.82. The van der Waals surface area contributed by atoms with Gasteiger partial charge in [0.25, 0.3) is 10.0 Å². The molecule has 1 N–H and O–H groups in total. The minimum absolute atomic E-state index is 0.0563. The average Bonchev–Trinajstić information content (AvgIpc) is 2.43. The Morgan fingerprint density at radius 1 is 1.30 bits per heavy atom. The van der Waals surface area contributed by atoms with Gasteiger partial charge in [-0.1, -0.05) is 11.6 Å². The van der Waals surface area contributed by atoms with E-state index in [9.17, 15) is 8.42 Å². The summed E-state index contributed by atoms with van der Waals surface area (Å²) in [7, 11) is -3.82. The van der Waals surface area contributed by atoms with Gasteiger partial charge in [0.05, 0.1) is 5.69 Å². The SMILES string of the molecule is Cc1cnc(Cl)c(NS(=O)(=O)c2ccc(C#N)nc2)c1. The van der Waals surface area contributed by atoms with Crippen molar-refractivity contribution in [2.24, 2.45) is 0 Å². The van der Waals surface area contributed by atoms with E-state index in [1.165, 1.54) is 18.3 Å². The van der Waals surface area contributed by atoms with E-state index in [0.29, 0.717) is 0 Å². The molecule has 0 aliphatic heterocycles. The summed E-state index contributed by atoms with van der Waals surface area (Å²) in [5, 5.41) is 8.69. The van der Waals surface area contributed by atoms with Gasteiger partial charge < -0.3 is 0 Å². The van der Waals surface area contributed by atoms with Gasteiger partial charge >= 0.3 is 0 Å². The summed E-state index contributed by atoms with van der Waals surface area (Å²) in [6, 6.07) is 6.01. The summed E-state index contributed by atoms with van der Waals surface area (Å²) in [6.07, 6.45) is 2.64. The highest BCUT2D eigenvalue weighted by Gasteiger charge is 2.16. The van der Waals surface area contributed by atoms with E-state index in [-0.39, 0.29) is 21.4 Å². The molecule has 0 aliphatic rings. The largest absolute Gasteiger partial charge is 0.276 e. The van der Waals surface area contributed by atoms with E-state index >= 15 is 0 Å². The normalized spacial score (nSPS) is 10.8. The van der Waals surface area contributed by atoms with E-state index in [2.05, 4.69) is 14.7 Å². The molecule has 102 valence electrons. The second kappa shape index (κ2) is 5.45. The van der Waals surface area contributed by atoms with Gasteiger partial charge in [-0.15, -0.1) is 0 Å². The number of nitrogens with zero attached hydrogens (tertiary/aromatic N) is 3. The Balaban J connectivity index is 2.35. The van der Waals surface area contributed by atoms with Crippen LogP contribution in [0, 0.1) is 18.3 Å². The summed E-state index contributed by atoms with van der Waals surface area (Å²) in [5.41, 5.74) is 1.10. The van der Waals surface area contributed by atoms with Gasteiger partial charge in [0.1, 0.15) is 16.7 Å². The maximum atomic E-state index is 12.1. The van der Waals surface area contributed by atoms with Gasteiger partial charge in [0, 0.05) is 12.4 Å². The van der Waals surface area contributed by atoms with Crippen LogP contribution in [0.25, 0.3) is 0 Å². The molecule has 2 aromatic heterocycles. The Kier molecular flexibility index (Phi) is 3.88. The van der Waals surface area contributed by atoms with Crippen LogP contribution in [0.3, 0.4) is 0 Å². The molecule has 8 heteroatoms. The number of hydrogen-bond acceptors (Lipinski definition) is 5. The van der Waals surface area contributed by atoms with Crippen LogP contribution in [0.4, 0.5) is 5.69 Å². The molecule has 0 unspecified atom stereocenters. The number of nitrogens with one attached hydrogen (secondary N) is 1. The zero-order chi connectivity index (χ0) is 14.8. The molecule has 2 aromatic rings. The number of aryl methyl sites for hydroxylation is 1. The van der Waals surface area contributed by atoms with Gasteiger partial charge in [-0.25, -0.2) is 18.4 Å². The number of pyridine rings is 2. The molecule has 0 atom stereocenters. The quantitative estimate of drug-likeness (QED) is 0.876. The average molecular weight is 309 g/mol. The van der Waals surface area contributed by atoms with Crippen molar-refractivity contribution in [2.45, 2.75) is 11.8 Å². The summed E-state index contributed by atoms with van der Waals surface area (Å²) >= 11 is 5.84. The topological polar surface area (TPSA) is 95.7 Å². The number of nitriles is 1. The van der Waals surface area contributed by atoms with Gasteiger partial charge in [-0.2, -0.15) is 5.26 Å². The van der Waals surface area contributed by atoms with Crippen molar-refractivity contribution in [3.05, 3.63) is 47.0 Å². The zero-order valence-corrected chi connectivity index (χ0v) is 11.9. The van der Waals surface area contributed by atoms with Crippen molar-refractivity contribution < 1.29 is 8.42 Å². The predicted molar refractivity (Wildman–Crippen MR) is 73.7 cm³/mol. The summed E-state index contributed by atoms with van der Waals surface area (Å²) in [5.74, 6) is 0. The van der Waals surface area contributed by atoms with Crippen LogP contribution in [0.2, 0.25) is 5.15 Å². The molecule has 0 fully saturated rings. The fraction of sp³-hybridized carbons (Fsp3) is 0.0833. The molecule has 6 nitrogen and oxygen atoms in total. The molecule has 2 rings (SSSR count). The van der Waals surface area contributed by atoms with E-state index in [4.69, 9.17) is 16.9 Å². The maximum absolute atomic E-state index is 12.1. The lowest BCUT2D eigenvalue weighted by atomic mass is 10.3. The predicted octanol–water partition coefficient (Wildman–Crippen LogP) is 2.11. The van der Waals surface area contributed by atoms with E-state index in [1.54, 1.807) is 13.0 Å². The molecule has 2 heterocycles. The Morgan fingerprint density at radius 3 is 2.65 bits per heavy atom. The van der Waals surface area contributed by atoms with Crippen LogP contribution in [0.15, 0.2) is 35.5 Å². The third-order valence-corrected chi connectivity index (χ3v) is 4.03. The van der Waals surface area contributed by atoms with Crippen molar-refractivity contribution in [3.8, 4) is 6.07 Å². The van der Waals surface area contributed by atoms with E-state index in [0.717, 1.165) is 11.8 Å². The molecule has 0 aliphatic carbocycles. The highest BCUT2D eigenvalue weighted by Crippen LogP contribution is 2.23. The first-order chi connectivity index (χ1) is 9.42. The number of sulfonamides is 1. The van der Waals surface area contributed by atoms with Crippen molar-refractivity contribution in [2.75, 3.05) is 4.72 Å². The second-order valence-corrected chi connectivity index (χ2v) is 5.99. The molecule has 0 spiro atoms. The van der Waals surface area contributed by atoms with Crippen molar-refractivity contribution in [1.82, 2.24) is 9.97 Å². The summed E-state index contributed by atoms with van der Waals surface area (Å²) < 4.78 is 26.6. The summed E-state index contributed by atoms with van der Waals surface area (Å²) in [4.78, 5) is 7.52. The van der Waals surface area contributed by atoms with Gasteiger partial charge in [-0.05, 0) is 30.7 Å². The van der Waals surface area contributed by atoms with Crippen LogP contribution in [0.1, 0.15) is 11.3 Å². The van der Waals surface area contributed by atoms with Crippen LogP contribution >= 0.6 is 11.6 Å². The fourth-order valence-electron chi connectivity index (χ4n) is 1.43. The molecule has 0 saturated heterocycles. The van der Waals surface area contributed by atoms with Gasteiger partial charge in [0.15, 0.2) is 5.15 Å². The molecule has 0 bridgehead atoms. The van der Waals surface area contributed by atoms with Gasteiger partial charge in [0.2, 0.25) is 0 Å². The van der Waals surface area contributed by atoms with Crippen LogP contribution in [0.5, 0.6) is 0 Å². The Labute approximate surface area is 121 Å². The number of hydrogen-bond donors (Lipinski definition) is 1. The van der Waals surface area contributed by atoms with Crippen LogP contribution in [-0.4, -0.2) is 18.4 Å². The lowest BCUT2D eigenvalue weighted by Gasteiger charge is -2.09. The maximum Gasteiger partial charge on any atom is 0.263 e. The molecule has 0 saturated carbocycles. The number of anilines is 1. The zero-order valence-electron chi connectivity index (χ0n) is 10.3. The molecule has 0 amide bonds. The first-order valence-electron chi connectivity index (χ1n) is 5.43. The Hall–Kier alpha value is -2.17. The molecule has 20 heavy (non-hydrogen) atoms. The third-order valence-electron chi connectivity index (χ3n) is 2.38. The lowest BCUT2D eigenvalue weighted by Crippen LogP contribution is -2.14. The molecular weight excluding hydrogens is 300 g/mol. The first kappa shape index (κ1) is 14.2. The molecular formula is C12H9ClN4O2S. The first-order valence-corrected chi connectivity index (χ1v) is 7.29. The van der Waals surface area contributed by atoms with Crippen molar-refractivity contribution in [1.29, 1.82) is 5.26 Å². The smallest absolute Gasteiger partial charge is 0.263 e. The highest BCUT2D eigenvalue weighted by atomic mass is 35.5. The standard InChI is InChI=1S/C12H9ClN4O2S/c1-8-4-11(12(13)16-6-8)17-20(18,19)10-3-2-9(5-14)15-7-10/h2-4,6-7,17H,1H3. The van der Waals surface area contributed by atoms with Crippen molar-refractivity contribution in [3.63, 3.8) is 0 Å². The minimum Gasteiger partial charge on any atom is -0.276 e. The number of aromatic nitrogens is 2. The Morgan fingerprint density at radius 2 is 2.05 bits per heavy atom. The lowest BCUT2D eigenvalue weighted by molar-refractivity contribution is 0.601. The summed E-state index contributed by atoms with van der Waals surface area (Å²) in [6.45, 7) is 1.77. The molecule has 0 aromatic carbocycles. The highest BCUT2D eigenvalue weighted by molar-refractivity contribution is 7.92. The third kappa shape index (κ3) is 3.04. The second-order valence-electron chi connectivity index (χ2n) is 3.95. The fourth-order valence-corrected chi connectivity index (χ4v) is 2.64. The Bertz CT molecular complexity index is 782.